The average molecular weight is 474 g/mol. The molecule has 35 heavy (non-hydrogen) atoms. The number of fused-ring (bicyclic) bond motifs is 1. The number of carbonyl (C=O) groups excluding carboxylic acids is 2. The van der Waals surface area contributed by atoms with Crippen molar-refractivity contribution in [2.24, 2.45) is 0 Å². The van der Waals surface area contributed by atoms with Crippen molar-refractivity contribution in [2.75, 3.05) is 4.90 Å². The molecule has 8 heteroatoms. The van der Waals surface area contributed by atoms with Crippen molar-refractivity contribution in [3.05, 3.63) is 90.2 Å². The first kappa shape index (κ1) is 24.1. The Morgan fingerprint density at radius 3 is 2.34 bits per heavy atom. The van der Waals surface area contributed by atoms with Crippen LogP contribution in [0.4, 0.5) is 10.1 Å². The van der Waals surface area contributed by atoms with E-state index in [1.807, 2.05) is 63.2 Å². The normalized spacial score (nSPS) is 12.3. The van der Waals surface area contributed by atoms with Gasteiger partial charge in [-0.2, -0.15) is 0 Å². The van der Waals surface area contributed by atoms with Gasteiger partial charge in [0.2, 0.25) is 11.8 Å². The van der Waals surface area contributed by atoms with Gasteiger partial charge in [0.25, 0.3) is 0 Å². The number of para-hydroxylation sites is 1. The van der Waals surface area contributed by atoms with E-state index in [2.05, 4.69) is 15.6 Å². The largest absolute Gasteiger partial charge is 0.349 e. The van der Waals surface area contributed by atoms with Crippen molar-refractivity contribution in [3.8, 4) is 0 Å². The zero-order valence-corrected chi connectivity index (χ0v) is 20.0. The van der Waals surface area contributed by atoms with Gasteiger partial charge in [0, 0.05) is 11.2 Å². The SMILES string of the molecule is CCC(C)(C)NC(=O)C(c1ccccc1)N(C(=O)Cn1nnc2ccccc21)c1ccc(F)cc1. The van der Waals surface area contributed by atoms with Gasteiger partial charge < -0.3 is 5.32 Å². The Morgan fingerprint density at radius 1 is 1.00 bits per heavy atom. The summed E-state index contributed by atoms with van der Waals surface area (Å²) in [6.07, 6.45) is 0.704. The number of nitrogens with zero attached hydrogens (tertiary/aromatic N) is 4. The molecule has 0 aliphatic carbocycles. The first-order valence-electron chi connectivity index (χ1n) is 11.5. The van der Waals surface area contributed by atoms with Crippen LogP contribution in [0.15, 0.2) is 78.9 Å². The second kappa shape index (κ2) is 10.0. The quantitative estimate of drug-likeness (QED) is 0.404. The number of nitrogens with one attached hydrogen (secondary N) is 1. The zero-order valence-electron chi connectivity index (χ0n) is 20.0. The van der Waals surface area contributed by atoms with Gasteiger partial charge in [-0.25, -0.2) is 9.07 Å². The minimum atomic E-state index is -0.977. The average Bonchev–Trinajstić information content (AvgIpc) is 3.26. The molecule has 0 bridgehead atoms. The first-order chi connectivity index (χ1) is 16.8. The van der Waals surface area contributed by atoms with Crippen LogP contribution in [0.2, 0.25) is 0 Å². The molecule has 0 aliphatic rings. The van der Waals surface area contributed by atoms with Crippen molar-refractivity contribution < 1.29 is 14.0 Å². The van der Waals surface area contributed by atoms with E-state index in [4.69, 9.17) is 0 Å². The van der Waals surface area contributed by atoms with Gasteiger partial charge in [-0.1, -0.05) is 54.6 Å². The van der Waals surface area contributed by atoms with E-state index in [1.54, 1.807) is 12.1 Å². The molecule has 3 aromatic carbocycles. The monoisotopic (exact) mass is 473 g/mol. The number of hydrogen-bond donors (Lipinski definition) is 1. The smallest absolute Gasteiger partial charge is 0.249 e. The van der Waals surface area contributed by atoms with Crippen LogP contribution in [0.1, 0.15) is 38.8 Å². The molecule has 4 aromatic rings. The lowest BCUT2D eigenvalue weighted by Crippen LogP contribution is -2.51. The molecule has 4 rings (SSSR count). The summed E-state index contributed by atoms with van der Waals surface area (Å²) >= 11 is 0. The summed E-state index contributed by atoms with van der Waals surface area (Å²) in [6.45, 7) is 5.69. The number of amides is 2. The van der Waals surface area contributed by atoms with Crippen LogP contribution < -0.4 is 10.2 Å². The molecule has 1 N–H and O–H groups in total. The maximum Gasteiger partial charge on any atom is 0.249 e. The summed E-state index contributed by atoms with van der Waals surface area (Å²) in [4.78, 5) is 29.0. The Kier molecular flexibility index (Phi) is 6.91. The topological polar surface area (TPSA) is 80.1 Å². The highest BCUT2D eigenvalue weighted by molar-refractivity contribution is 6.01. The number of halogens is 1. The molecular weight excluding hydrogens is 445 g/mol. The van der Waals surface area contributed by atoms with E-state index in [0.717, 1.165) is 0 Å². The first-order valence-corrected chi connectivity index (χ1v) is 11.5. The summed E-state index contributed by atoms with van der Waals surface area (Å²) in [5.41, 5.74) is 1.92. The second-order valence-electron chi connectivity index (χ2n) is 9.02. The lowest BCUT2D eigenvalue weighted by molar-refractivity contribution is -0.128. The van der Waals surface area contributed by atoms with Crippen molar-refractivity contribution in [1.82, 2.24) is 20.3 Å². The lowest BCUT2D eigenvalue weighted by Gasteiger charge is -2.34. The molecule has 1 aromatic heterocycles. The summed E-state index contributed by atoms with van der Waals surface area (Å²) in [5, 5.41) is 11.3. The van der Waals surface area contributed by atoms with Crippen molar-refractivity contribution in [3.63, 3.8) is 0 Å². The molecule has 7 nitrogen and oxygen atoms in total. The number of carbonyl (C=O) groups is 2. The predicted octanol–water partition coefficient (Wildman–Crippen LogP) is 4.65. The maximum absolute atomic E-state index is 13.9. The summed E-state index contributed by atoms with van der Waals surface area (Å²) in [5.74, 6) is -1.15. The number of anilines is 1. The summed E-state index contributed by atoms with van der Waals surface area (Å²) in [7, 11) is 0. The Hall–Kier alpha value is -4.07. The molecule has 1 unspecified atom stereocenters. The van der Waals surface area contributed by atoms with E-state index in [9.17, 15) is 14.0 Å². The molecule has 0 saturated heterocycles. The molecule has 1 atom stereocenters. The van der Waals surface area contributed by atoms with Gasteiger partial charge in [0.05, 0.1) is 5.52 Å². The van der Waals surface area contributed by atoms with Gasteiger partial charge in [-0.3, -0.25) is 14.5 Å². The van der Waals surface area contributed by atoms with Crippen LogP contribution in [0.3, 0.4) is 0 Å². The molecule has 2 amide bonds. The van der Waals surface area contributed by atoms with Gasteiger partial charge in [0.15, 0.2) is 0 Å². The maximum atomic E-state index is 13.9. The van der Waals surface area contributed by atoms with Gasteiger partial charge >= 0.3 is 0 Å². The van der Waals surface area contributed by atoms with Gasteiger partial charge in [-0.05, 0) is 62.2 Å². The van der Waals surface area contributed by atoms with E-state index < -0.39 is 17.4 Å². The van der Waals surface area contributed by atoms with E-state index >= 15 is 0 Å². The van der Waals surface area contributed by atoms with E-state index in [0.29, 0.717) is 28.7 Å². The number of rotatable bonds is 8. The second-order valence-corrected chi connectivity index (χ2v) is 9.02. The number of benzene rings is 3. The summed E-state index contributed by atoms with van der Waals surface area (Å²) < 4.78 is 15.3. The zero-order chi connectivity index (χ0) is 25.0. The highest BCUT2D eigenvalue weighted by atomic mass is 19.1. The molecule has 0 saturated carbocycles. The van der Waals surface area contributed by atoms with Crippen LogP contribution >= 0.6 is 0 Å². The molecular formula is C27H28FN5O2. The van der Waals surface area contributed by atoms with Crippen molar-refractivity contribution in [2.45, 2.75) is 45.3 Å². The summed E-state index contributed by atoms with van der Waals surface area (Å²) in [6, 6.07) is 21.0. The third-order valence-corrected chi connectivity index (χ3v) is 6.05. The van der Waals surface area contributed by atoms with E-state index in [-0.39, 0.29) is 18.4 Å². The highest BCUT2D eigenvalue weighted by Crippen LogP contribution is 2.30. The molecule has 0 radical (unpaired) electrons. The third-order valence-electron chi connectivity index (χ3n) is 6.05. The molecule has 0 fully saturated rings. The Balaban J connectivity index is 1.79. The van der Waals surface area contributed by atoms with Crippen LogP contribution in [0, 0.1) is 5.82 Å². The number of aromatic nitrogens is 3. The third kappa shape index (κ3) is 5.37. The molecule has 180 valence electrons. The van der Waals surface area contributed by atoms with Crippen LogP contribution in [0.5, 0.6) is 0 Å². The molecule has 0 aliphatic heterocycles. The van der Waals surface area contributed by atoms with E-state index in [1.165, 1.54) is 33.8 Å². The fraction of sp³-hybridized carbons (Fsp3) is 0.259. The standard InChI is InChI=1S/C27H28FN5O2/c1-4-27(2,3)29-26(35)25(19-10-6-5-7-11-19)33(21-16-14-20(28)15-17-21)24(34)18-32-23-13-9-8-12-22(23)30-31-32/h5-17,25H,4,18H2,1-3H3,(H,29,35). The Bertz CT molecular complexity index is 1320. The van der Waals surface area contributed by atoms with Crippen molar-refractivity contribution in [1.29, 1.82) is 0 Å². The Morgan fingerprint density at radius 2 is 1.66 bits per heavy atom. The van der Waals surface area contributed by atoms with Gasteiger partial charge in [-0.15, -0.1) is 5.10 Å². The molecule has 1 heterocycles. The van der Waals surface area contributed by atoms with Gasteiger partial charge in [0.1, 0.15) is 23.9 Å². The highest BCUT2D eigenvalue weighted by Gasteiger charge is 2.35. The molecule has 0 spiro atoms. The van der Waals surface area contributed by atoms with Crippen LogP contribution in [-0.4, -0.2) is 32.3 Å². The minimum Gasteiger partial charge on any atom is -0.349 e. The Labute approximate surface area is 203 Å². The van der Waals surface area contributed by atoms with Crippen LogP contribution in [0.25, 0.3) is 11.0 Å². The van der Waals surface area contributed by atoms with Crippen LogP contribution in [-0.2, 0) is 16.1 Å². The fourth-order valence-electron chi connectivity index (χ4n) is 3.82. The number of hydrogen-bond acceptors (Lipinski definition) is 4. The minimum absolute atomic E-state index is 0.147. The lowest BCUT2D eigenvalue weighted by atomic mass is 9.98. The predicted molar refractivity (Wildman–Crippen MR) is 133 cm³/mol. The van der Waals surface area contributed by atoms with Crippen molar-refractivity contribution >= 4 is 28.5 Å². The fourth-order valence-corrected chi connectivity index (χ4v) is 3.82.